The Balaban J connectivity index is 2.40. The highest BCUT2D eigenvalue weighted by Gasteiger charge is 2.52. The third kappa shape index (κ3) is 4.33. The molecule has 136 valence electrons. The molecular formula is C18H23BF2O3S. The van der Waals surface area contributed by atoms with Crippen LogP contribution in [0.3, 0.4) is 0 Å². The van der Waals surface area contributed by atoms with Crippen LogP contribution in [0.4, 0.5) is 8.78 Å². The molecule has 1 heterocycles. The average molecular weight is 368 g/mol. The number of hydrogen-bond acceptors (Lipinski definition) is 4. The molecule has 0 radical (unpaired) electrons. The van der Waals surface area contributed by atoms with Crippen molar-refractivity contribution < 1.29 is 22.9 Å². The molecule has 3 nitrogen and oxygen atoms in total. The van der Waals surface area contributed by atoms with Gasteiger partial charge < -0.3 is 9.31 Å². The summed E-state index contributed by atoms with van der Waals surface area (Å²) in [4.78, 5) is 11.4. The smallest absolute Gasteiger partial charge is 0.400 e. The minimum atomic E-state index is -0.884. The highest BCUT2D eigenvalue weighted by molar-refractivity contribution is 8.13. The maximum Gasteiger partial charge on any atom is 0.491 e. The molecule has 0 aliphatic carbocycles. The van der Waals surface area contributed by atoms with Crippen LogP contribution in [0.1, 0.15) is 45.7 Å². The Hall–Kier alpha value is -1.18. The highest BCUT2D eigenvalue weighted by Crippen LogP contribution is 2.39. The topological polar surface area (TPSA) is 35.5 Å². The number of thioether (sulfide) groups is 1. The lowest BCUT2D eigenvalue weighted by atomic mass is 9.78. The first-order chi connectivity index (χ1) is 11.4. The largest absolute Gasteiger partial charge is 0.491 e. The Kier molecular flexibility index (Phi) is 5.81. The Morgan fingerprint density at radius 3 is 2.28 bits per heavy atom. The Morgan fingerprint density at radius 1 is 1.20 bits per heavy atom. The van der Waals surface area contributed by atoms with Crippen LogP contribution in [0.15, 0.2) is 17.6 Å². The van der Waals surface area contributed by atoms with Crippen molar-refractivity contribution in [1.82, 2.24) is 0 Å². The summed E-state index contributed by atoms with van der Waals surface area (Å²) in [6.45, 7) is 10.7. The molecule has 0 bridgehead atoms. The number of halogens is 2. The van der Waals surface area contributed by atoms with E-state index in [2.05, 4.69) is 0 Å². The zero-order chi connectivity index (χ0) is 19.0. The molecule has 2 rings (SSSR count). The van der Waals surface area contributed by atoms with Crippen molar-refractivity contribution in [1.29, 1.82) is 0 Å². The van der Waals surface area contributed by atoms with Gasteiger partial charge in [-0.15, -0.1) is 0 Å². The second kappa shape index (κ2) is 7.21. The predicted molar refractivity (Wildman–Crippen MR) is 98.3 cm³/mol. The normalized spacial score (nSPS) is 19.4. The van der Waals surface area contributed by atoms with E-state index >= 15 is 0 Å². The summed E-state index contributed by atoms with van der Waals surface area (Å²) in [6.07, 6.45) is 1.72. The van der Waals surface area contributed by atoms with E-state index in [-0.39, 0.29) is 10.7 Å². The van der Waals surface area contributed by atoms with E-state index in [1.165, 1.54) is 19.9 Å². The second-order valence-corrected chi connectivity index (χ2v) is 8.32. The van der Waals surface area contributed by atoms with Gasteiger partial charge in [0.05, 0.1) is 11.2 Å². The maximum absolute atomic E-state index is 13.9. The van der Waals surface area contributed by atoms with Gasteiger partial charge in [0.15, 0.2) is 16.7 Å². The van der Waals surface area contributed by atoms with Crippen molar-refractivity contribution in [2.75, 3.05) is 5.75 Å². The molecule has 25 heavy (non-hydrogen) atoms. The summed E-state index contributed by atoms with van der Waals surface area (Å²) >= 11 is 1.12. The van der Waals surface area contributed by atoms with Gasteiger partial charge >= 0.3 is 7.12 Å². The van der Waals surface area contributed by atoms with Gasteiger partial charge in [-0.3, -0.25) is 4.79 Å². The van der Waals surface area contributed by atoms with Crippen molar-refractivity contribution in [2.24, 2.45) is 0 Å². The molecule has 1 aromatic carbocycles. The summed E-state index contributed by atoms with van der Waals surface area (Å²) in [5.41, 5.74) is 0.393. The van der Waals surface area contributed by atoms with Crippen molar-refractivity contribution >= 4 is 30.1 Å². The van der Waals surface area contributed by atoms with Gasteiger partial charge in [0, 0.05) is 12.7 Å². The van der Waals surface area contributed by atoms with Gasteiger partial charge in [-0.2, -0.15) is 0 Å². The standard InChI is InChI=1S/C18H23BF2O3S/c1-11-13(7-8-15(20)16(11)21)9-14(10-25-12(2)22)19-23-17(3,4)18(5,6)24-19/h7-9H,10H2,1-6H3. The van der Waals surface area contributed by atoms with Crippen LogP contribution >= 0.6 is 11.8 Å². The molecule has 0 spiro atoms. The molecule has 0 atom stereocenters. The quantitative estimate of drug-likeness (QED) is 0.730. The zero-order valence-electron chi connectivity index (χ0n) is 15.4. The Labute approximate surface area is 152 Å². The van der Waals surface area contributed by atoms with Crippen LogP contribution in [0.2, 0.25) is 0 Å². The van der Waals surface area contributed by atoms with Gasteiger partial charge in [0.2, 0.25) is 0 Å². The number of carbonyl (C=O) groups is 1. The number of hydrogen-bond donors (Lipinski definition) is 0. The van der Waals surface area contributed by atoms with E-state index in [1.54, 1.807) is 6.08 Å². The second-order valence-electron chi connectivity index (χ2n) is 7.16. The maximum atomic E-state index is 13.9. The van der Waals surface area contributed by atoms with Crippen LogP contribution in [-0.4, -0.2) is 29.2 Å². The lowest BCUT2D eigenvalue weighted by Crippen LogP contribution is -2.41. The fourth-order valence-corrected chi connectivity index (χ4v) is 2.97. The van der Waals surface area contributed by atoms with E-state index < -0.39 is 30.0 Å². The van der Waals surface area contributed by atoms with Crippen molar-refractivity contribution in [2.45, 2.75) is 52.7 Å². The molecule has 1 aliphatic rings. The van der Waals surface area contributed by atoms with E-state index in [9.17, 15) is 13.6 Å². The first kappa shape index (κ1) is 20.1. The molecular weight excluding hydrogens is 345 g/mol. The first-order valence-corrected chi connectivity index (χ1v) is 9.07. The summed E-state index contributed by atoms with van der Waals surface area (Å²) in [5, 5.41) is -0.0376. The van der Waals surface area contributed by atoms with E-state index in [0.717, 1.165) is 17.8 Å². The lowest BCUT2D eigenvalue weighted by molar-refractivity contribution is -0.109. The molecule has 1 aliphatic heterocycles. The summed E-state index contributed by atoms with van der Waals surface area (Å²) in [7, 11) is -0.649. The van der Waals surface area contributed by atoms with Gasteiger partial charge in [0.25, 0.3) is 0 Å². The fourth-order valence-electron chi connectivity index (χ4n) is 2.38. The minimum absolute atomic E-state index is 0.0376. The molecule has 0 saturated carbocycles. The monoisotopic (exact) mass is 368 g/mol. The van der Waals surface area contributed by atoms with E-state index in [4.69, 9.17) is 9.31 Å². The third-order valence-electron chi connectivity index (χ3n) is 4.72. The molecule has 0 N–H and O–H groups in total. The predicted octanol–water partition coefficient (Wildman–Crippen LogP) is 4.57. The molecule has 0 amide bonds. The highest BCUT2D eigenvalue weighted by atomic mass is 32.2. The SMILES string of the molecule is CC(=O)SCC(=Cc1ccc(F)c(F)c1C)B1OC(C)(C)C(C)(C)O1. The Bertz CT molecular complexity index is 701. The van der Waals surface area contributed by atoms with Crippen LogP contribution in [0.25, 0.3) is 6.08 Å². The fraction of sp³-hybridized carbons (Fsp3) is 0.500. The van der Waals surface area contributed by atoms with Gasteiger partial charge in [0.1, 0.15) is 0 Å². The van der Waals surface area contributed by atoms with Crippen LogP contribution < -0.4 is 0 Å². The summed E-state index contributed by atoms with van der Waals surface area (Å²) in [5.74, 6) is -1.41. The molecule has 7 heteroatoms. The van der Waals surface area contributed by atoms with E-state index in [1.807, 2.05) is 27.7 Å². The van der Waals surface area contributed by atoms with Crippen LogP contribution in [-0.2, 0) is 14.1 Å². The van der Waals surface area contributed by atoms with Crippen LogP contribution in [0.5, 0.6) is 0 Å². The summed E-state index contributed by atoms with van der Waals surface area (Å²) < 4.78 is 39.3. The lowest BCUT2D eigenvalue weighted by Gasteiger charge is -2.32. The zero-order valence-corrected chi connectivity index (χ0v) is 16.2. The number of carbonyl (C=O) groups excluding carboxylic acids is 1. The average Bonchev–Trinajstić information content (AvgIpc) is 2.71. The molecule has 1 saturated heterocycles. The Morgan fingerprint density at radius 2 is 1.76 bits per heavy atom. The molecule has 1 fully saturated rings. The molecule has 1 aromatic rings. The molecule has 0 unspecified atom stereocenters. The third-order valence-corrected chi connectivity index (χ3v) is 5.60. The van der Waals surface area contributed by atoms with Gasteiger partial charge in [-0.25, -0.2) is 8.78 Å². The van der Waals surface area contributed by atoms with Gasteiger partial charge in [-0.1, -0.05) is 23.9 Å². The number of rotatable bonds is 4. The van der Waals surface area contributed by atoms with Crippen LogP contribution in [0, 0.1) is 18.6 Å². The summed E-state index contributed by atoms with van der Waals surface area (Å²) in [6, 6.07) is 2.60. The van der Waals surface area contributed by atoms with Crippen molar-refractivity contribution in [3.8, 4) is 0 Å². The first-order valence-electron chi connectivity index (χ1n) is 8.08. The van der Waals surface area contributed by atoms with E-state index in [0.29, 0.717) is 16.8 Å². The van der Waals surface area contributed by atoms with Crippen molar-refractivity contribution in [3.05, 3.63) is 40.4 Å². The minimum Gasteiger partial charge on any atom is -0.400 e. The number of benzene rings is 1. The molecule has 0 aromatic heterocycles. The van der Waals surface area contributed by atoms with Crippen molar-refractivity contribution in [3.63, 3.8) is 0 Å². The van der Waals surface area contributed by atoms with Gasteiger partial charge in [-0.05, 0) is 57.3 Å².